The number of anilines is 1. The number of nitrogens with one attached hydrogen (secondary N) is 1. The topological polar surface area (TPSA) is 68.8 Å². The van der Waals surface area contributed by atoms with Crippen LogP contribution < -0.4 is 10.1 Å². The Morgan fingerprint density at radius 2 is 2.06 bits per heavy atom. The van der Waals surface area contributed by atoms with Crippen molar-refractivity contribution in [3.05, 3.63) is 34.4 Å². The van der Waals surface area contributed by atoms with Crippen molar-refractivity contribution in [1.29, 1.82) is 10.5 Å². The third-order valence-electron chi connectivity index (χ3n) is 1.77. The van der Waals surface area contributed by atoms with Crippen molar-refractivity contribution in [2.24, 2.45) is 0 Å². The number of hydrogen-bond donors (Lipinski definition) is 1. The van der Waals surface area contributed by atoms with E-state index in [1.807, 2.05) is 0 Å². The quantitative estimate of drug-likeness (QED) is 0.865. The number of alkyl halides is 2. The lowest BCUT2D eigenvalue weighted by Gasteiger charge is -2.10. The van der Waals surface area contributed by atoms with Gasteiger partial charge in [0.25, 0.3) is 0 Å². The highest BCUT2D eigenvalue weighted by Crippen LogP contribution is 2.29. The lowest BCUT2D eigenvalue weighted by atomic mass is 10.3. The Kier molecular flexibility index (Phi) is 5.09. The summed E-state index contributed by atoms with van der Waals surface area (Å²) in [5.74, 6) is -0.0918. The minimum atomic E-state index is -2.96. The molecule has 0 heterocycles. The van der Waals surface area contributed by atoms with Crippen molar-refractivity contribution < 1.29 is 13.5 Å². The third-order valence-corrected chi connectivity index (χ3v) is 2.27. The third kappa shape index (κ3) is 4.04. The van der Waals surface area contributed by atoms with E-state index in [-0.39, 0.29) is 17.0 Å². The molecule has 0 unspecified atom stereocenters. The van der Waals surface area contributed by atoms with Gasteiger partial charge in [-0.1, -0.05) is 15.9 Å². The molecule has 7 heteroatoms. The van der Waals surface area contributed by atoms with Crippen LogP contribution in [0.3, 0.4) is 0 Å². The number of allylic oxidation sites excluding steroid dienone is 1. The summed E-state index contributed by atoms with van der Waals surface area (Å²) in [6, 6.07) is 7.69. The maximum atomic E-state index is 12.2. The van der Waals surface area contributed by atoms with E-state index < -0.39 is 6.61 Å². The van der Waals surface area contributed by atoms with Gasteiger partial charge in [-0.15, -0.1) is 0 Å². The lowest BCUT2D eigenvalue weighted by Crippen LogP contribution is -2.04. The number of nitrogens with zero attached hydrogens (tertiary/aromatic N) is 2. The second-order valence-corrected chi connectivity index (χ2v) is 3.86. The summed E-state index contributed by atoms with van der Waals surface area (Å²) in [4.78, 5) is 0. The first-order chi connectivity index (χ1) is 8.56. The van der Waals surface area contributed by atoms with Gasteiger partial charge in [0.05, 0.1) is 5.69 Å². The first-order valence-corrected chi connectivity index (χ1v) is 5.37. The van der Waals surface area contributed by atoms with Crippen LogP contribution in [0.2, 0.25) is 0 Å². The minimum Gasteiger partial charge on any atom is -0.433 e. The Hall–Kier alpha value is -2.12. The van der Waals surface area contributed by atoms with Crippen LogP contribution in [-0.4, -0.2) is 6.61 Å². The van der Waals surface area contributed by atoms with Gasteiger partial charge >= 0.3 is 6.61 Å². The van der Waals surface area contributed by atoms with Gasteiger partial charge in [0.2, 0.25) is 0 Å². The average molecular weight is 314 g/mol. The molecule has 0 amide bonds. The van der Waals surface area contributed by atoms with Crippen LogP contribution >= 0.6 is 15.9 Å². The highest BCUT2D eigenvalue weighted by Gasteiger charge is 2.09. The fourth-order valence-corrected chi connectivity index (χ4v) is 1.39. The molecule has 0 aliphatic carbocycles. The molecular weight excluding hydrogens is 308 g/mol. The summed E-state index contributed by atoms with van der Waals surface area (Å²) in [7, 11) is 0. The molecule has 1 aromatic rings. The van der Waals surface area contributed by atoms with Crippen molar-refractivity contribution in [1.82, 2.24) is 0 Å². The van der Waals surface area contributed by atoms with E-state index in [0.717, 1.165) is 6.20 Å². The number of benzene rings is 1. The Bertz CT molecular complexity index is 530. The van der Waals surface area contributed by atoms with Crippen LogP contribution in [0.1, 0.15) is 0 Å². The summed E-state index contributed by atoms with van der Waals surface area (Å²) >= 11 is 3.12. The van der Waals surface area contributed by atoms with Crippen molar-refractivity contribution >= 4 is 21.6 Å². The van der Waals surface area contributed by atoms with E-state index in [9.17, 15) is 8.78 Å². The number of ether oxygens (including phenoxy) is 1. The summed E-state index contributed by atoms with van der Waals surface area (Å²) < 4.78 is 29.2. The fraction of sp³-hybridized carbons (Fsp3) is 0.0909. The number of rotatable bonds is 4. The van der Waals surface area contributed by atoms with E-state index in [2.05, 4.69) is 26.0 Å². The van der Waals surface area contributed by atoms with Crippen LogP contribution in [0.5, 0.6) is 5.75 Å². The van der Waals surface area contributed by atoms with Crippen molar-refractivity contribution in [3.8, 4) is 17.9 Å². The number of hydrogen-bond acceptors (Lipinski definition) is 4. The SMILES string of the molecule is N#CC(C#N)=CNc1ccc(Br)cc1OC(F)F. The Labute approximate surface area is 110 Å². The van der Waals surface area contributed by atoms with Gasteiger partial charge in [-0.25, -0.2) is 0 Å². The second-order valence-electron chi connectivity index (χ2n) is 2.94. The van der Waals surface area contributed by atoms with Gasteiger partial charge in [-0.05, 0) is 18.2 Å². The van der Waals surface area contributed by atoms with Crippen LogP contribution in [0.25, 0.3) is 0 Å². The molecule has 18 heavy (non-hydrogen) atoms. The number of nitriles is 2. The van der Waals surface area contributed by atoms with Gasteiger partial charge in [0.15, 0.2) is 5.75 Å². The molecule has 0 aromatic heterocycles. The molecule has 1 N–H and O–H groups in total. The van der Waals surface area contributed by atoms with Gasteiger partial charge in [0.1, 0.15) is 17.7 Å². The molecule has 0 bridgehead atoms. The average Bonchev–Trinajstić information content (AvgIpc) is 2.32. The van der Waals surface area contributed by atoms with E-state index in [0.29, 0.717) is 4.47 Å². The monoisotopic (exact) mass is 313 g/mol. The second kappa shape index (κ2) is 6.58. The summed E-state index contributed by atoms with van der Waals surface area (Å²) in [5, 5.41) is 19.6. The molecule has 1 aromatic carbocycles. The smallest absolute Gasteiger partial charge is 0.387 e. The zero-order chi connectivity index (χ0) is 13.5. The highest BCUT2D eigenvalue weighted by atomic mass is 79.9. The maximum Gasteiger partial charge on any atom is 0.387 e. The zero-order valence-corrected chi connectivity index (χ0v) is 10.4. The van der Waals surface area contributed by atoms with E-state index >= 15 is 0 Å². The Balaban J connectivity index is 2.99. The normalized spacial score (nSPS) is 9.22. The minimum absolute atomic E-state index is 0.0918. The van der Waals surface area contributed by atoms with Gasteiger partial charge in [-0.2, -0.15) is 19.3 Å². The molecule has 92 valence electrons. The Morgan fingerprint density at radius 1 is 1.39 bits per heavy atom. The first-order valence-electron chi connectivity index (χ1n) is 4.58. The summed E-state index contributed by atoms with van der Waals surface area (Å²) in [6.07, 6.45) is 1.11. The molecule has 1 rings (SSSR count). The highest BCUT2D eigenvalue weighted by molar-refractivity contribution is 9.10. The van der Waals surface area contributed by atoms with E-state index in [1.165, 1.54) is 12.1 Å². The number of halogens is 3. The van der Waals surface area contributed by atoms with Crippen molar-refractivity contribution in [2.45, 2.75) is 6.61 Å². The molecule has 0 saturated carbocycles. The lowest BCUT2D eigenvalue weighted by molar-refractivity contribution is -0.0493. The van der Waals surface area contributed by atoms with Gasteiger partial charge in [-0.3, -0.25) is 0 Å². The van der Waals surface area contributed by atoms with Crippen molar-refractivity contribution in [3.63, 3.8) is 0 Å². The van der Waals surface area contributed by atoms with Crippen LogP contribution in [0.15, 0.2) is 34.4 Å². The van der Waals surface area contributed by atoms with Gasteiger partial charge in [0, 0.05) is 10.7 Å². The van der Waals surface area contributed by atoms with Gasteiger partial charge < -0.3 is 10.1 Å². The summed E-state index contributed by atoms with van der Waals surface area (Å²) in [6.45, 7) is -2.96. The Morgan fingerprint density at radius 3 is 2.61 bits per heavy atom. The predicted octanol–water partition coefficient (Wildman–Crippen LogP) is 3.39. The molecule has 0 aliphatic heterocycles. The molecular formula is C11H6BrF2N3O. The van der Waals surface area contributed by atoms with Crippen LogP contribution in [0, 0.1) is 22.7 Å². The predicted molar refractivity (Wildman–Crippen MR) is 63.7 cm³/mol. The molecule has 0 spiro atoms. The van der Waals surface area contributed by atoms with Crippen molar-refractivity contribution in [2.75, 3.05) is 5.32 Å². The van der Waals surface area contributed by atoms with Crippen LogP contribution in [0.4, 0.5) is 14.5 Å². The standard InChI is InChI=1S/C11H6BrF2N3O/c12-8-1-2-9(10(3-8)18-11(13)14)17-6-7(4-15)5-16/h1-3,6,11,17H. The van der Waals surface area contributed by atoms with Crippen LogP contribution in [-0.2, 0) is 0 Å². The maximum absolute atomic E-state index is 12.2. The summed E-state index contributed by atoms with van der Waals surface area (Å²) in [5.41, 5.74) is 0.0439. The largest absolute Gasteiger partial charge is 0.433 e. The van der Waals surface area contributed by atoms with E-state index in [1.54, 1.807) is 18.2 Å². The fourth-order valence-electron chi connectivity index (χ4n) is 1.05. The first kappa shape index (κ1) is 13.9. The molecule has 0 atom stereocenters. The molecule has 0 aliphatic rings. The molecule has 0 saturated heterocycles. The van der Waals surface area contributed by atoms with E-state index in [4.69, 9.17) is 10.5 Å². The zero-order valence-electron chi connectivity index (χ0n) is 8.82. The molecule has 4 nitrogen and oxygen atoms in total. The molecule has 0 radical (unpaired) electrons. The molecule has 0 fully saturated rings.